The number of ether oxygens (including phenoxy) is 1. The van der Waals surface area contributed by atoms with Crippen molar-refractivity contribution in [1.82, 2.24) is 9.88 Å². The van der Waals surface area contributed by atoms with E-state index in [0.717, 1.165) is 29.9 Å². The molecule has 134 valence electrons. The van der Waals surface area contributed by atoms with Gasteiger partial charge in [0.25, 0.3) is 5.91 Å². The normalized spacial score (nSPS) is 10.6. The van der Waals surface area contributed by atoms with Gasteiger partial charge in [0, 0.05) is 23.6 Å². The maximum atomic E-state index is 12.3. The number of amides is 1. The van der Waals surface area contributed by atoms with Gasteiger partial charge >= 0.3 is 5.97 Å². The van der Waals surface area contributed by atoms with Crippen molar-refractivity contribution in [3.05, 3.63) is 52.8 Å². The Morgan fingerprint density at radius 3 is 2.44 bits per heavy atom. The number of unbranched alkanes of at least 4 members (excludes halogenated alkanes) is 1. The number of esters is 1. The molecule has 0 aliphatic rings. The molecule has 1 heterocycles. The molecule has 1 N–H and O–H groups in total. The van der Waals surface area contributed by atoms with E-state index in [0.29, 0.717) is 12.1 Å². The summed E-state index contributed by atoms with van der Waals surface area (Å²) in [4.78, 5) is 24.0. The van der Waals surface area contributed by atoms with Crippen LogP contribution in [-0.4, -0.2) is 29.6 Å². The van der Waals surface area contributed by atoms with Gasteiger partial charge in [-0.2, -0.15) is 0 Å². The van der Waals surface area contributed by atoms with Gasteiger partial charge in [-0.1, -0.05) is 31.0 Å². The highest BCUT2D eigenvalue weighted by Gasteiger charge is 2.18. The van der Waals surface area contributed by atoms with E-state index in [1.165, 1.54) is 5.56 Å². The molecule has 1 amide bonds. The standard InChI is InChI=1S/C20H26N2O3/c1-5-6-11-21-19(23)13-25-20(24)18-12-15(3)22(16(18)4)17-9-7-14(2)8-10-17/h7-10,12H,5-6,11,13H2,1-4H3,(H,21,23). The maximum Gasteiger partial charge on any atom is 0.340 e. The number of hydrogen-bond acceptors (Lipinski definition) is 3. The van der Waals surface area contributed by atoms with Gasteiger partial charge in [-0.05, 0) is 45.4 Å². The van der Waals surface area contributed by atoms with Crippen LogP contribution in [0.25, 0.3) is 5.69 Å². The number of rotatable bonds is 7. The molecule has 25 heavy (non-hydrogen) atoms. The van der Waals surface area contributed by atoms with Crippen LogP contribution in [-0.2, 0) is 9.53 Å². The van der Waals surface area contributed by atoms with Crippen LogP contribution < -0.4 is 5.32 Å². The topological polar surface area (TPSA) is 60.3 Å². The fourth-order valence-electron chi connectivity index (χ4n) is 2.73. The summed E-state index contributed by atoms with van der Waals surface area (Å²) in [6.07, 6.45) is 1.92. The summed E-state index contributed by atoms with van der Waals surface area (Å²) >= 11 is 0. The summed E-state index contributed by atoms with van der Waals surface area (Å²) in [7, 11) is 0. The van der Waals surface area contributed by atoms with Crippen molar-refractivity contribution in [3.8, 4) is 5.69 Å². The van der Waals surface area contributed by atoms with E-state index in [4.69, 9.17) is 4.74 Å². The first-order chi connectivity index (χ1) is 11.9. The van der Waals surface area contributed by atoms with Gasteiger partial charge in [-0.3, -0.25) is 4.79 Å². The SMILES string of the molecule is CCCCNC(=O)COC(=O)c1cc(C)n(-c2ccc(C)cc2)c1C. The zero-order valence-electron chi connectivity index (χ0n) is 15.4. The fraction of sp³-hybridized carbons (Fsp3) is 0.400. The van der Waals surface area contributed by atoms with Gasteiger partial charge in [0.2, 0.25) is 0 Å². The maximum absolute atomic E-state index is 12.3. The highest BCUT2D eigenvalue weighted by atomic mass is 16.5. The van der Waals surface area contributed by atoms with Gasteiger partial charge < -0.3 is 14.6 Å². The van der Waals surface area contributed by atoms with Gasteiger partial charge in [0.15, 0.2) is 6.61 Å². The number of hydrogen-bond donors (Lipinski definition) is 1. The zero-order valence-corrected chi connectivity index (χ0v) is 15.4. The first kappa shape index (κ1) is 18.8. The summed E-state index contributed by atoms with van der Waals surface area (Å²) in [6, 6.07) is 9.91. The molecule has 0 saturated heterocycles. The van der Waals surface area contributed by atoms with Crippen LogP contribution in [0.5, 0.6) is 0 Å². The molecule has 2 aromatic rings. The molecule has 0 bridgehead atoms. The van der Waals surface area contributed by atoms with Crippen molar-refractivity contribution in [2.75, 3.05) is 13.2 Å². The Balaban J connectivity index is 2.07. The molecule has 0 atom stereocenters. The number of carbonyl (C=O) groups is 2. The minimum Gasteiger partial charge on any atom is -0.452 e. The van der Waals surface area contributed by atoms with Crippen molar-refractivity contribution >= 4 is 11.9 Å². The summed E-state index contributed by atoms with van der Waals surface area (Å²) < 4.78 is 7.17. The fourth-order valence-corrected chi connectivity index (χ4v) is 2.73. The first-order valence-electron chi connectivity index (χ1n) is 8.63. The molecule has 2 rings (SSSR count). The van der Waals surface area contributed by atoms with E-state index in [1.54, 1.807) is 6.07 Å². The van der Waals surface area contributed by atoms with Crippen molar-refractivity contribution < 1.29 is 14.3 Å². The summed E-state index contributed by atoms with van der Waals surface area (Å²) in [6.45, 7) is 8.26. The van der Waals surface area contributed by atoms with Crippen LogP contribution in [0.1, 0.15) is 47.1 Å². The largest absolute Gasteiger partial charge is 0.452 e. The Bertz CT molecular complexity index is 745. The van der Waals surface area contributed by atoms with Gasteiger partial charge in [-0.25, -0.2) is 4.79 Å². The molecule has 5 heteroatoms. The lowest BCUT2D eigenvalue weighted by molar-refractivity contribution is -0.124. The van der Waals surface area contributed by atoms with E-state index >= 15 is 0 Å². The molecule has 0 unspecified atom stereocenters. The van der Waals surface area contributed by atoms with Crippen molar-refractivity contribution in [2.24, 2.45) is 0 Å². The van der Waals surface area contributed by atoms with Crippen molar-refractivity contribution in [1.29, 1.82) is 0 Å². The number of benzene rings is 1. The average molecular weight is 342 g/mol. The Hall–Kier alpha value is -2.56. The Morgan fingerprint density at radius 1 is 1.12 bits per heavy atom. The first-order valence-corrected chi connectivity index (χ1v) is 8.63. The molecule has 1 aromatic carbocycles. The van der Waals surface area contributed by atoms with E-state index in [-0.39, 0.29) is 12.5 Å². The lowest BCUT2D eigenvalue weighted by Gasteiger charge is -2.10. The van der Waals surface area contributed by atoms with E-state index in [2.05, 4.69) is 12.2 Å². The van der Waals surface area contributed by atoms with Crippen LogP contribution in [0, 0.1) is 20.8 Å². The highest BCUT2D eigenvalue weighted by molar-refractivity contribution is 5.93. The summed E-state index contributed by atoms with van der Waals surface area (Å²) in [5, 5.41) is 2.73. The molecular formula is C20H26N2O3. The van der Waals surface area contributed by atoms with Crippen LogP contribution in [0.3, 0.4) is 0 Å². The second kappa shape index (κ2) is 8.51. The predicted molar refractivity (Wildman–Crippen MR) is 98.2 cm³/mol. The van der Waals surface area contributed by atoms with E-state index < -0.39 is 5.97 Å². The van der Waals surface area contributed by atoms with Crippen LogP contribution in [0.2, 0.25) is 0 Å². The minimum atomic E-state index is -0.475. The molecule has 5 nitrogen and oxygen atoms in total. The van der Waals surface area contributed by atoms with Gasteiger partial charge in [0.05, 0.1) is 5.56 Å². The second-order valence-electron chi connectivity index (χ2n) is 6.24. The summed E-state index contributed by atoms with van der Waals surface area (Å²) in [5.74, 6) is -0.744. The second-order valence-corrected chi connectivity index (χ2v) is 6.24. The van der Waals surface area contributed by atoms with Crippen molar-refractivity contribution in [3.63, 3.8) is 0 Å². The molecule has 0 radical (unpaired) electrons. The monoisotopic (exact) mass is 342 g/mol. The highest BCUT2D eigenvalue weighted by Crippen LogP contribution is 2.21. The number of nitrogens with one attached hydrogen (secondary N) is 1. The lowest BCUT2D eigenvalue weighted by Crippen LogP contribution is -2.29. The third kappa shape index (κ3) is 4.72. The molecule has 0 saturated carbocycles. The third-order valence-electron chi connectivity index (χ3n) is 4.13. The predicted octanol–water partition coefficient (Wildman–Crippen LogP) is 3.48. The smallest absolute Gasteiger partial charge is 0.340 e. The van der Waals surface area contributed by atoms with Gasteiger partial charge in [-0.15, -0.1) is 0 Å². The number of aromatic nitrogens is 1. The van der Waals surface area contributed by atoms with E-state index in [1.807, 2.05) is 49.6 Å². The van der Waals surface area contributed by atoms with Crippen LogP contribution in [0.15, 0.2) is 30.3 Å². The zero-order chi connectivity index (χ0) is 18.4. The number of carbonyl (C=O) groups excluding carboxylic acids is 2. The van der Waals surface area contributed by atoms with Gasteiger partial charge in [0.1, 0.15) is 0 Å². The molecular weight excluding hydrogens is 316 g/mol. The Kier molecular flexibility index (Phi) is 6.39. The Morgan fingerprint density at radius 2 is 1.80 bits per heavy atom. The Labute approximate surface area is 149 Å². The molecule has 1 aromatic heterocycles. The molecule has 0 spiro atoms. The van der Waals surface area contributed by atoms with Crippen molar-refractivity contribution in [2.45, 2.75) is 40.5 Å². The molecule has 0 fully saturated rings. The van der Waals surface area contributed by atoms with Crippen LogP contribution >= 0.6 is 0 Å². The molecule has 0 aliphatic carbocycles. The molecule has 0 aliphatic heterocycles. The third-order valence-corrected chi connectivity index (χ3v) is 4.13. The summed E-state index contributed by atoms with van der Waals surface area (Å²) in [5.41, 5.74) is 4.41. The quantitative estimate of drug-likeness (QED) is 0.619. The lowest BCUT2D eigenvalue weighted by atomic mass is 10.2. The minimum absolute atomic E-state index is 0.253. The number of aryl methyl sites for hydroxylation is 2. The number of nitrogens with zero attached hydrogens (tertiary/aromatic N) is 1. The average Bonchev–Trinajstić information content (AvgIpc) is 2.88. The van der Waals surface area contributed by atoms with E-state index in [9.17, 15) is 9.59 Å². The van der Waals surface area contributed by atoms with Crippen LogP contribution in [0.4, 0.5) is 0 Å².